The molecule has 0 radical (unpaired) electrons. The van der Waals surface area contributed by atoms with Crippen LogP contribution in [-0.4, -0.2) is 30.0 Å². The quantitative estimate of drug-likeness (QED) is 0.505. The molecule has 5 nitrogen and oxygen atoms in total. The minimum Gasteiger partial charge on any atom is -0.370 e. The normalized spacial score (nSPS) is 14.6. The van der Waals surface area contributed by atoms with Gasteiger partial charge in [0.1, 0.15) is 6.04 Å². The van der Waals surface area contributed by atoms with Crippen molar-refractivity contribution in [3.63, 3.8) is 0 Å². The van der Waals surface area contributed by atoms with E-state index in [4.69, 9.17) is 5.73 Å². The zero-order valence-electron chi connectivity index (χ0n) is 11.8. The molecule has 0 fully saturated rings. The van der Waals surface area contributed by atoms with Gasteiger partial charge in [-0.15, -0.1) is 0 Å². The van der Waals surface area contributed by atoms with E-state index in [2.05, 4.69) is 15.6 Å². The molecule has 0 spiro atoms. The SMILES string of the molecule is CC(C)CNC(=O)C(C)N=C(N)NC(C)(C)C. The third kappa shape index (κ3) is 8.54. The van der Waals surface area contributed by atoms with Crippen molar-refractivity contribution in [2.45, 2.75) is 53.1 Å². The highest BCUT2D eigenvalue weighted by molar-refractivity contribution is 5.86. The number of hydrogen-bond donors (Lipinski definition) is 3. The Bertz CT molecular complexity index is 279. The van der Waals surface area contributed by atoms with Gasteiger partial charge < -0.3 is 16.4 Å². The zero-order valence-corrected chi connectivity index (χ0v) is 11.8. The summed E-state index contributed by atoms with van der Waals surface area (Å²) >= 11 is 0. The van der Waals surface area contributed by atoms with E-state index in [-0.39, 0.29) is 11.4 Å². The zero-order chi connectivity index (χ0) is 13.6. The lowest BCUT2D eigenvalue weighted by Gasteiger charge is -2.21. The summed E-state index contributed by atoms with van der Waals surface area (Å²) in [6, 6.07) is -0.469. The van der Waals surface area contributed by atoms with Crippen LogP contribution in [0.25, 0.3) is 0 Å². The highest BCUT2D eigenvalue weighted by atomic mass is 16.2. The first-order valence-corrected chi connectivity index (χ1v) is 6.01. The summed E-state index contributed by atoms with van der Waals surface area (Å²) in [7, 11) is 0. The lowest BCUT2D eigenvalue weighted by molar-refractivity contribution is -0.122. The summed E-state index contributed by atoms with van der Waals surface area (Å²) in [6.45, 7) is 12.4. The van der Waals surface area contributed by atoms with Gasteiger partial charge in [0.15, 0.2) is 5.96 Å². The van der Waals surface area contributed by atoms with Crippen LogP contribution in [0.1, 0.15) is 41.5 Å². The Morgan fingerprint density at radius 3 is 2.24 bits per heavy atom. The van der Waals surface area contributed by atoms with E-state index in [1.807, 2.05) is 34.6 Å². The van der Waals surface area contributed by atoms with Crippen molar-refractivity contribution in [2.24, 2.45) is 16.6 Å². The van der Waals surface area contributed by atoms with E-state index in [0.717, 1.165) is 0 Å². The van der Waals surface area contributed by atoms with E-state index in [1.54, 1.807) is 6.92 Å². The smallest absolute Gasteiger partial charge is 0.244 e. The molecule has 0 aromatic rings. The summed E-state index contributed by atoms with van der Waals surface area (Å²) in [5.74, 6) is 0.627. The number of carbonyl (C=O) groups excluding carboxylic acids is 1. The molecule has 4 N–H and O–H groups in total. The Morgan fingerprint density at radius 1 is 1.29 bits per heavy atom. The number of nitrogens with one attached hydrogen (secondary N) is 2. The van der Waals surface area contributed by atoms with Crippen molar-refractivity contribution in [1.29, 1.82) is 0 Å². The summed E-state index contributed by atoms with van der Waals surface area (Å²) in [5.41, 5.74) is 5.56. The van der Waals surface area contributed by atoms with Crippen LogP contribution >= 0.6 is 0 Å². The average Bonchev–Trinajstić information content (AvgIpc) is 2.10. The fraction of sp³-hybridized carbons (Fsp3) is 0.833. The molecule has 0 bridgehead atoms. The van der Waals surface area contributed by atoms with E-state index in [0.29, 0.717) is 18.4 Å². The Balaban J connectivity index is 4.26. The number of nitrogens with zero attached hydrogens (tertiary/aromatic N) is 1. The largest absolute Gasteiger partial charge is 0.370 e. The second-order valence-corrected chi connectivity index (χ2v) is 5.70. The van der Waals surface area contributed by atoms with Crippen molar-refractivity contribution < 1.29 is 4.79 Å². The monoisotopic (exact) mass is 242 g/mol. The third-order valence-corrected chi connectivity index (χ3v) is 1.90. The minimum absolute atomic E-state index is 0.0997. The van der Waals surface area contributed by atoms with Crippen LogP contribution in [-0.2, 0) is 4.79 Å². The molecule has 0 aromatic carbocycles. The number of aliphatic imine (C=N–C) groups is 1. The molecule has 0 saturated heterocycles. The molecule has 0 aliphatic rings. The molecule has 1 amide bonds. The molecule has 0 aliphatic heterocycles. The predicted molar refractivity (Wildman–Crippen MR) is 71.8 cm³/mol. The van der Waals surface area contributed by atoms with Gasteiger partial charge in [0.2, 0.25) is 5.91 Å². The van der Waals surface area contributed by atoms with Crippen molar-refractivity contribution in [2.75, 3.05) is 6.54 Å². The van der Waals surface area contributed by atoms with Crippen molar-refractivity contribution in [3.8, 4) is 0 Å². The molecular formula is C12H26N4O. The summed E-state index contributed by atoms with van der Waals surface area (Å²) in [6.07, 6.45) is 0. The Morgan fingerprint density at radius 2 is 1.82 bits per heavy atom. The maximum Gasteiger partial charge on any atom is 0.244 e. The van der Waals surface area contributed by atoms with Gasteiger partial charge in [-0.05, 0) is 33.6 Å². The van der Waals surface area contributed by atoms with Crippen molar-refractivity contribution in [1.82, 2.24) is 10.6 Å². The number of guanidine groups is 1. The highest BCUT2D eigenvalue weighted by Gasteiger charge is 2.14. The van der Waals surface area contributed by atoms with E-state index in [9.17, 15) is 4.79 Å². The van der Waals surface area contributed by atoms with Gasteiger partial charge in [0, 0.05) is 12.1 Å². The topological polar surface area (TPSA) is 79.5 Å². The van der Waals surface area contributed by atoms with Crippen LogP contribution in [0, 0.1) is 5.92 Å². The number of hydrogen-bond acceptors (Lipinski definition) is 2. The Hall–Kier alpha value is -1.26. The number of amides is 1. The van der Waals surface area contributed by atoms with E-state index < -0.39 is 6.04 Å². The molecular weight excluding hydrogens is 216 g/mol. The second-order valence-electron chi connectivity index (χ2n) is 5.70. The summed E-state index contributed by atoms with van der Waals surface area (Å²) in [4.78, 5) is 15.8. The Kier molecular flexibility index (Phi) is 5.99. The van der Waals surface area contributed by atoms with Crippen LogP contribution < -0.4 is 16.4 Å². The van der Waals surface area contributed by atoms with Gasteiger partial charge in [-0.3, -0.25) is 4.79 Å². The fourth-order valence-corrected chi connectivity index (χ4v) is 1.14. The first-order chi connectivity index (χ1) is 7.61. The molecule has 0 aromatic heterocycles. The van der Waals surface area contributed by atoms with Crippen LogP contribution in [0.15, 0.2) is 4.99 Å². The molecule has 0 saturated carbocycles. The summed E-state index contributed by atoms with van der Waals surface area (Å²) in [5, 5.41) is 5.84. The molecule has 0 aliphatic carbocycles. The molecule has 5 heteroatoms. The van der Waals surface area contributed by atoms with E-state index >= 15 is 0 Å². The van der Waals surface area contributed by atoms with Crippen molar-refractivity contribution in [3.05, 3.63) is 0 Å². The molecule has 0 rings (SSSR count). The van der Waals surface area contributed by atoms with Crippen LogP contribution in [0.4, 0.5) is 0 Å². The average molecular weight is 242 g/mol. The third-order valence-electron chi connectivity index (χ3n) is 1.90. The minimum atomic E-state index is -0.469. The van der Waals surface area contributed by atoms with Crippen LogP contribution in [0.3, 0.4) is 0 Å². The van der Waals surface area contributed by atoms with Gasteiger partial charge >= 0.3 is 0 Å². The van der Waals surface area contributed by atoms with Gasteiger partial charge in [-0.1, -0.05) is 13.8 Å². The number of rotatable bonds is 4. The van der Waals surface area contributed by atoms with Gasteiger partial charge in [-0.25, -0.2) is 4.99 Å². The number of nitrogens with two attached hydrogens (primary N) is 1. The molecule has 1 atom stereocenters. The van der Waals surface area contributed by atoms with Crippen molar-refractivity contribution >= 4 is 11.9 Å². The van der Waals surface area contributed by atoms with Gasteiger partial charge in [0.25, 0.3) is 0 Å². The second kappa shape index (κ2) is 6.47. The highest BCUT2D eigenvalue weighted by Crippen LogP contribution is 1.98. The van der Waals surface area contributed by atoms with Gasteiger partial charge in [0.05, 0.1) is 0 Å². The maximum absolute atomic E-state index is 11.6. The van der Waals surface area contributed by atoms with E-state index in [1.165, 1.54) is 0 Å². The first-order valence-electron chi connectivity index (χ1n) is 6.01. The van der Waals surface area contributed by atoms with Crippen LogP contribution in [0.2, 0.25) is 0 Å². The standard InChI is InChI=1S/C12H26N4O/c1-8(2)7-14-10(17)9(3)15-11(13)16-12(4,5)6/h8-9H,7H2,1-6H3,(H,14,17)(H3,13,15,16). The predicted octanol–water partition coefficient (Wildman–Crippen LogP) is 0.850. The molecule has 100 valence electrons. The summed E-state index contributed by atoms with van der Waals surface area (Å²) < 4.78 is 0. The van der Waals surface area contributed by atoms with Gasteiger partial charge in [-0.2, -0.15) is 0 Å². The maximum atomic E-state index is 11.6. The van der Waals surface area contributed by atoms with Crippen LogP contribution in [0.5, 0.6) is 0 Å². The first kappa shape index (κ1) is 15.7. The molecule has 0 heterocycles. The number of carbonyl (C=O) groups is 1. The Labute approximate surface area is 104 Å². The molecule has 1 unspecified atom stereocenters. The lowest BCUT2D eigenvalue weighted by Crippen LogP contribution is -2.46. The molecule has 17 heavy (non-hydrogen) atoms. The fourth-order valence-electron chi connectivity index (χ4n) is 1.14. The lowest BCUT2D eigenvalue weighted by atomic mass is 10.1.